The third-order valence-electron chi connectivity index (χ3n) is 4.61. The van der Waals surface area contributed by atoms with E-state index in [2.05, 4.69) is 13.2 Å². The first-order valence-corrected chi connectivity index (χ1v) is 7.28. The molecule has 0 aliphatic heterocycles. The standard InChI is InChI=1S/C16H26O2/c1-3-13-17-15(9-5-6-10-15)16(18-14-4-2)11-7-8-12-16/h3-4H,1-2,5-14H2. The second-order valence-corrected chi connectivity index (χ2v) is 5.60. The van der Waals surface area contributed by atoms with E-state index in [1.165, 1.54) is 25.7 Å². The first kappa shape index (κ1) is 13.8. The average Bonchev–Trinajstić information content (AvgIpc) is 3.04. The van der Waals surface area contributed by atoms with Crippen molar-refractivity contribution in [3.8, 4) is 0 Å². The highest BCUT2D eigenvalue weighted by Crippen LogP contribution is 2.51. The van der Waals surface area contributed by atoms with Gasteiger partial charge in [-0.25, -0.2) is 0 Å². The van der Waals surface area contributed by atoms with Gasteiger partial charge in [-0.2, -0.15) is 0 Å². The maximum Gasteiger partial charge on any atom is 0.0975 e. The van der Waals surface area contributed by atoms with Gasteiger partial charge in [0.2, 0.25) is 0 Å². The Labute approximate surface area is 111 Å². The molecular formula is C16H26O2. The van der Waals surface area contributed by atoms with Crippen LogP contribution in [0.15, 0.2) is 25.3 Å². The van der Waals surface area contributed by atoms with E-state index in [1.54, 1.807) is 0 Å². The van der Waals surface area contributed by atoms with Gasteiger partial charge in [0, 0.05) is 0 Å². The zero-order valence-electron chi connectivity index (χ0n) is 11.5. The quantitative estimate of drug-likeness (QED) is 0.635. The summed E-state index contributed by atoms with van der Waals surface area (Å²) >= 11 is 0. The summed E-state index contributed by atoms with van der Waals surface area (Å²) in [5.41, 5.74) is -0.137. The van der Waals surface area contributed by atoms with Gasteiger partial charge in [-0.05, 0) is 25.7 Å². The Morgan fingerprint density at radius 2 is 1.06 bits per heavy atom. The fourth-order valence-electron chi connectivity index (χ4n) is 3.79. The lowest BCUT2D eigenvalue weighted by atomic mass is 9.79. The van der Waals surface area contributed by atoms with Gasteiger partial charge in [-0.1, -0.05) is 37.8 Å². The van der Waals surface area contributed by atoms with Crippen LogP contribution >= 0.6 is 0 Å². The monoisotopic (exact) mass is 250 g/mol. The molecule has 0 saturated heterocycles. The molecule has 2 heteroatoms. The zero-order chi connectivity index (χ0) is 12.9. The maximum absolute atomic E-state index is 6.25. The third-order valence-corrected chi connectivity index (χ3v) is 4.61. The van der Waals surface area contributed by atoms with Gasteiger partial charge in [-0.15, -0.1) is 13.2 Å². The molecule has 0 N–H and O–H groups in total. The molecular weight excluding hydrogens is 224 g/mol. The van der Waals surface area contributed by atoms with Crippen molar-refractivity contribution in [3.05, 3.63) is 25.3 Å². The molecule has 2 fully saturated rings. The molecule has 0 atom stereocenters. The van der Waals surface area contributed by atoms with Gasteiger partial charge in [0.1, 0.15) is 0 Å². The van der Waals surface area contributed by atoms with E-state index < -0.39 is 0 Å². The smallest absolute Gasteiger partial charge is 0.0975 e. The van der Waals surface area contributed by atoms with E-state index >= 15 is 0 Å². The minimum absolute atomic E-state index is 0.0687. The Bertz CT molecular complexity index is 253. The lowest BCUT2D eigenvalue weighted by Crippen LogP contribution is -2.54. The first-order chi connectivity index (χ1) is 8.79. The summed E-state index contributed by atoms with van der Waals surface area (Å²) in [6, 6.07) is 0. The van der Waals surface area contributed by atoms with Gasteiger partial charge >= 0.3 is 0 Å². The molecule has 0 aromatic rings. The van der Waals surface area contributed by atoms with Crippen molar-refractivity contribution < 1.29 is 9.47 Å². The Morgan fingerprint density at radius 3 is 1.33 bits per heavy atom. The van der Waals surface area contributed by atoms with Crippen LogP contribution in [0.2, 0.25) is 0 Å². The fraction of sp³-hybridized carbons (Fsp3) is 0.750. The van der Waals surface area contributed by atoms with Crippen molar-refractivity contribution in [2.75, 3.05) is 13.2 Å². The molecule has 0 amide bonds. The minimum atomic E-state index is -0.0687. The Morgan fingerprint density at radius 1 is 0.722 bits per heavy atom. The highest BCUT2D eigenvalue weighted by atomic mass is 16.6. The molecule has 0 aromatic heterocycles. The normalized spacial score (nSPS) is 25.1. The molecule has 2 rings (SSSR count). The summed E-state index contributed by atoms with van der Waals surface area (Å²) in [6.07, 6.45) is 13.3. The van der Waals surface area contributed by atoms with Gasteiger partial charge in [-0.3, -0.25) is 0 Å². The molecule has 2 saturated carbocycles. The van der Waals surface area contributed by atoms with Crippen LogP contribution in [0.4, 0.5) is 0 Å². The van der Waals surface area contributed by atoms with Crippen molar-refractivity contribution in [1.29, 1.82) is 0 Å². The Hall–Kier alpha value is -0.600. The van der Waals surface area contributed by atoms with Crippen molar-refractivity contribution in [2.24, 2.45) is 0 Å². The summed E-state index contributed by atoms with van der Waals surface area (Å²) < 4.78 is 12.5. The van der Waals surface area contributed by atoms with E-state index in [4.69, 9.17) is 9.47 Å². The van der Waals surface area contributed by atoms with Crippen LogP contribution in [-0.2, 0) is 9.47 Å². The highest BCUT2D eigenvalue weighted by molar-refractivity contribution is 5.08. The van der Waals surface area contributed by atoms with Gasteiger partial charge < -0.3 is 9.47 Å². The lowest BCUT2D eigenvalue weighted by molar-refractivity contribution is -0.195. The van der Waals surface area contributed by atoms with Crippen molar-refractivity contribution >= 4 is 0 Å². The molecule has 0 heterocycles. The van der Waals surface area contributed by atoms with Crippen LogP contribution in [0.25, 0.3) is 0 Å². The topological polar surface area (TPSA) is 18.5 Å². The van der Waals surface area contributed by atoms with Crippen molar-refractivity contribution in [3.63, 3.8) is 0 Å². The minimum Gasteiger partial charge on any atom is -0.368 e. The van der Waals surface area contributed by atoms with Gasteiger partial charge in [0.25, 0.3) is 0 Å². The molecule has 102 valence electrons. The van der Waals surface area contributed by atoms with Crippen LogP contribution in [0.3, 0.4) is 0 Å². The second kappa shape index (κ2) is 6.03. The summed E-state index contributed by atoms with van der Waals surface area (Å²) in [4.78, 5) is 0. The van der Waals surface area contributed by atoms with Crippen LogP contribution in [0, 0.1) is 0 Å². The number of rotatable bonds is 7. The summed E-state index contributed by atoms with van der Waals surface area (Å²) in [6.45, 7) is 8.84. The molecule has 0 unspecified atom stereocenters. The number of hydrogen-bond acceptors (Lipinski definition) is 2. The predicted octanol–water partition coefficient (Wildman–Crippen LogP) is 4.02. The first-order valence-electron chi connectivity index (χ1n) is 7.28. The van der Waals surface area contributed by atoms with Gasteiger partial charge in [0.05, 0.1) is 24.4 Å². The third kappa shape index (κ3) is 2.41. The lowest BCUT2D eigenvalue weighted by Gasteiger charge is -2.46. The van der Waals surface area contributed by atoms with E-state index in [1.807, 2.05) is 12.2 Å². The summed E-state index contributed by atoms with van der Waals surface area (Å²) in [5, 5.41) is 0. The summed E-state index contributed by atoms with van der Waals surface area (Å²) in [5.74, 6) is 0. The van der Waals surface area contributed by atoms with E-state index in [0.717, 1.165) is 25.7 Å². The SMILES string of the molecule is C=CCOC1(C2(OCC=C)CCCC2)CCCC1. The second-order valence-electron chi connectivity index (χ2n) is 5.60. The highest BCUT2D eigenvalue weighted by Gasteiger charge is 2.55. The molecule has 0 aromatic carbocycles. The molecule has 2 nitrogen and oxygen atoms in total. The summed E-state index contributed by atoms with van der Waals surface area (Å²) in [7, 11) is 0. The Kier molecular flexibility index (Phi) is 4.63. The van der Waals surface area contributed by atoms with Crippen molar-refractivity contribution in [1.82, 2.24) is 0 Å². The largest absolute Gasteiger partial charge is 0.368 e. The van der Waals surface area contributed by atoms with E-state index in [9.17, 15) is 0 Å². The molecule has 0 spiro atoms. The molecule has 0 bridgehead atoms. The van der Waals surface area contributed by atoms with Crippen LogP contribution < -0.4 is 0 Å². The zero-order valence-corrected chi connectivity index (χ0v) is 11.5. The van der Waals surface area contributed by atoms with Gasteiger partial charge in [0.15, 0.2) is 0 Å². The Balaban J connectivity index is 2.18. The van der Waals surface area contributed by atoms with E-state index in [-0.39, 0.29) is 11.2 Å². The van der Waals surface area contributed by atoms with Crippen LogP contribution in [-0.4, -0.2) is 24.4 Å². The average molecular weight is 250 g/mol. The molecule has 2 aliphatic carbocycles. The predicted molar refractivity (Wildman–Crippen MR) is 74.7 cm³/mol. The van der Waals surface area contributed by atoms with Crippen LogP contribution in [0.1, 0.15) is 51.4 Å². The van der Waals surface area contributed by atoms with E-state index in [0.29, 0.717) is 13.2 Å². The molecule has 0 radical (unpaired) electrons. The molecule has 18 heavy (non-hydrogen) atoms. The number of ether oxygens (including phenoxy) is 2. The fourth-order valence-corrected chi connectivity index (χ4v) is 3.79. The van der Waals surface area contributed by atoms with Crippen molar-refractivity contribution in [2.45, 2.75) is 62.6 Å². The van der Waals surface area contributed by atoms with Crippen LogP contribution in [0.5, 0.6) is 0 Å². The maximum atomic E-state index is 6.25. The molecule has 2 aliphatic rings. The number of hydrogen-bond donors (Lipinski definition) is 0.